The fourth-order valence-electron chi connectivity index (χ4n) is 1.38. The van der Waals surface area contributed by atoms with Gasteiger partial charge in [-0.25, -0.2) is 0 Å². The molecule has 1 atom stereocenters. The Hall–Kier alpha value is -0.680. The van der Waals surface area contributed by atoms with Gasteiger partial charge in [0.15, 0.2) is 0 Å². The first-order valence-corrected chi connectivity index (χ1v) is 7.52. The number of nitrogens with zero attached hydrogens (tertiary/aromatic N) is 2. The summed E-state index contributed by atoms with van der Waals surface area (Å²) in [7, 11) is -0.677. The molecule has 5 heteroatoms. The SMILES string of the molecule is CCS(=O)CCNCc1cnn(C(C)(C)C)c1. The van der Waals surface area contributed by atoms with Crippen LogP contribution in [0.2, 0.25) is 0 Å². The van der Waals surface area contributed by atoms with Crippen molar-refractivity contribution in [3.63, 3.8) is 0 Å². The van der Waals surface area contributed by atoms with Gasteiger partial charge in [0.1, 0.15) is 0 Å². The van der Waals surface area contributed by atoms with Crippen LogP contribution in [0.3, 0.4) is 0 Å². The van der Waals surface area contributed by atoms with Crippen LogP contribution in [0.4, 0.5) is 0 Å². The molecular weight excluding hydrogens is 234 g/mol. The quantitative estimate of drug-likeness (QED) is 0.786. The Morgan fingerprint density at radius 1 is 1.47 bits per heavy atom. The van der Waals surface area contributed by atoms with Crippen molar-refractivity contribution < 1.29 is 4.21 Å². The van der Waals surface area contributed by atoms with Crippen molar-refractivity contribution in [2.45, 2.75) is 39.8 Å². The Morgan fingerprint density at radius 2 is 2.18 bits per heavy atom. The Labute approximate surface area is 106 Å². The Morgan fingerprint density at radius 3 is 2.71 bits per heavy atom. The molecule has 0 spiro atoms. The van der Waals surface area contributed by atoms with E-state index in [0.717, 1.165) is 24.6 Å². The van der Waals surface area contributed by atoms with Crippen molar-refractivity contribution in [2.24, 2.45) is 0 Å². The van der Waals surface area contributed by atoms with E-state index in [2.05, 4.69) is 37.4 Å². The van der Waals surface area contributed by atoms with Gasteiger partial charge in [0.25, 0.3) is 0 Å². The van der Waals surface area contributed by atoms with Gasteiger partial charge < -0.3 is 5.32 Å². The molecule has 0 saturated heterocycles. The lowest BCUT2D eigenvalue weighted by atomic mass is 10.1. The van der Waals surface area contributed by atoms with Gasteiger partial charge in [-0.3, -0.25) is 8.89 Å². The highest BCUT2D eigenvalue weighted by molar-refractivity contribution is 7.84. The molecule has 0 aliphatic heterocycles. The van der Waals surface area contributed by atoms with Crippen LogP contribution in [-0.4, -0.2) is 32.0 Å². The van der Waals surface area contributed by atoms with Crippen LogP contribution in [0.15, 0.2) is 12.4 Å². The van der Waals surface area contributed by atoms with Gasteiger partial charge in [0.2, 0.25) is 0 Å². The van der Waals surface area contributed by atoms with Crippen LogP contribution < -0.4 is 5.32 Å². The molecule has 1 rings (SSSR count). The molecule has 0 amide bonds. The molecule has 0 fully saturated rings. The number of hydrogen-bond donors (Lipinski definition) is 1. The van der Waals surface area contributed by atoms with Crippen LogP contribution in [0.5, 0.6) is 0 Å². The zero-order valence-electron chi connectivity index (χ0n) is 11.2. The molecule has 98 valence electrons. The Balaban J connectivity index is 2.33. The van der Waals surface area contributed by atoms with Gasteiger partial charge in [0.05, 0.1) is 11.7 Å². The summed E-state index contributed by atoms with van der Waals surface area (Å²) in [5, 5.41) is 7.62. The molecule has 0 bridgehead atoms. The molecule has 0 radical (unpaired) electrons. The largest absolute Gasteiger partial charge is 0.312 e. The van der Waals surface area contributed by atoms with E-state index in [9.17, 15) is 4.21 Å². The second kappa shape index (κ2) is 6.31. The summed E-state index contributed by atoms with van der Waals surface area (Å²) >= 11 is 0. The Bertz CT molecular complexity index is 368. The van der Waals surface area contributed by atoms with Crippen molar-refractivity contribution >= 4 is 10.8 Å². The summed E-state index contributed by atoms with van der Waals surface area (Å²) in [4.78, 5) is 0. The monoisotopic (exact) mass is 257 g/mol. The first-order chi connectivity index (χ1) is 7.93. The lowest BCUT2D eigenvalue weighted by molar-refractivity contribution is 0.355. The number of nitrogens with one attached hydrogen (secondary N) is 1. The maximum Gasteiger partial charge on any atom is 0.0543 e. The summed E-state index contributed by atoms with van der Waals surface area (Å²) < 4.78 is 13.2. The highest BCUT2D eigenvalue weighted by Crippen LogP contribution is 2.12. The number of hydrogen-bond acceptors (Lipinski definition) is 3. The first-order valence-electron chi connectivity index (χ1n) is 6.03. The third-order valence-electron chi connectivity index (χ3n) is 2.48. The predicted molar refractivity (Wildman–Crippen MR) is 72.5 cm³/mol. The number of rotatable bonds is 6. The molecule has 17 heavy (non-hydrogen) atoms. The average molecular weight is 257 g/mol. The molecule has 1 aromatic rings. The Kier molecular flexibility index (Phi) is 5.33. The van der Waals surface area contributed by atoms with Gasteiger partial charge in [0, 0.05) is 47.2 Å². The minimum Gasteiger partial charge on any atom is -0.312 e. The standard InChI is InChI=1S/C12H23N3OS/c1-5-17(16)7-6-13-8-11-9-14-15(10-11)12(2,3)4/h9-10,13H,5-8H2,1-4H3. The molecule has 4 nitrogen and oxygen atoms in total. The summed E-state index contributed by atoms with van der Waals surface area (Å²) in [6.07, 6.45) is 3.94. The third-order valence-corrected chi connectivity index (χ3v) is 3.78. The lowest BCUT2D eigenvalue weighted by Crippen LogP contribution is -2.22. The topological polar surface area (TPSA) is 46.9 Å². The van der Waals surface area contributed by atoms with E-state index in [0.29, 0.717) is 0 Å². The highest BCUT2D eigenvalue weighted by Gasteiger charge is 2.13. The van der Waals surface area contributed by atoms with Crippen molar-refractivity contribution in [3.8, 4) is 0 Å². The lowest BCUT2D eigenvalue weighted by Gasteiger charge is -2.18. The van der Waals surface area contributed by atoms with E-state index in [4.69, 9.17) is 0 Å². The second-order valence-electron chi connectivity index (χ2n) is 5.07. The van der Waals surface area contributed by atoms with Crippen LogP contribution in [0.1, 0.15) is 33.3 Å². The normalized spacial score (nSPS) is 13.9. The highest BCUT2D eigenvalue weighted by atomic mass is 32.2. The maximum absolute atomic E-state index is 11.2. The van der Waals surface area contributed by atoms with Gasteiger partial charge in [-0.05, 0) is 20.8 Å². The first kappa shape index (κ1) is 14.4. The van der Waals surface area contributed by atoms with Crippen LogP contribution in [-0.2, 0) is 22.9 Å². The molecule has 1 aromatic heterocycles. The number of aromatic nitrogens is 2. The minimum absolute atomic E-state index is 0.0297. The summed E-state index contributed by atoms with van der Waals surface area (Å²) in [5.74, 6) is 1.47. The van der Waals surface area contributed by atoms with Crippen molar-refractivity contribution in [3.05, 3.63) is 18.0 Å². The third kappa shape index (κ3) is 5.00. The second-order valence-corrected chi connectivity index (χ2v) is 6.94. The predicted octanol–water partition coefficient (Wildman–Crippen LogP) is 1.50. The van der Waals surface area contributed by atoms with E-state index in [-0.39, 0.29) is 5.54 Å². The fraction of sp³-hybridized carbons (Fsp3) is 0.750. The smallest absolute Gasteiger partial charge is 0.0543 e. The molecule has 0 aliphatic carbocycles. The molecule has 0 saturated carbocycles. The minimum atomic E-state index is -0.677. The van der Waals surface area contributed by atoms with Gasteiger partial charge in [-0.2, -0.15) is 5.10 Å². The summed E-state index contributed by atoms with van der Waals surface area (Å²) in [6.45, 7) is 9.91. The molecule has 0 aliphatic rings. The molecule has 1 heterocycles. The summed E-state index contributed by atoms with van der Waals surface area (Å²) in [6, 6.07) is 0. The molecule has 1 N–H and O–H groups in total. The van der Waals surface area contributed by atoms with Crippen molar-refractivity contribution in [1.82, 2.24) is 15.1 Å². The van der Waals surface area contributed by atoms with Crippen LogP contribution in [0, 0.1) is 0 Å². The van der Waals surface area contributed by atoms with E-state index in [1.165, 1.54) is 5.56 Å². The van der Waals surface area contributed by atoms with E-state index in [1.54, 1.807) is 0 Å². The van der Waals surface area contributed by atoms with Crippen molar-refractivity contribution in [1.29, 1.82) is 0 Å². The van der Waals surface area contributed by atoms with E-state index in [1.807, 2.05) is 17.8 Å². The van der Waals surface area contributed by atoms with E-state index < -0.39 is 10.8 Å². The maximum atomic E-state index is 11.2. The fourth-order valence-corrected chi connectivity index (χ4v) is 2.04. The van der Waals surface area contributed by atoms with Gasteiger partial charge in [-0.15, -0.1) is 0 Å². The molecular formula is C12H23N3OS. The zero-order chi connectivity index (χ0) is 12.9. The van der Waals surface area contributed by atoms with Crippen LogP contribution >= 0.6 is 0 Å². The molecule has 0 aromatic carbocycles. The van der Waals surface area contributed by atoms with E-state index >= 15 is 0 Å². The van der Waals surface area contributed by atoms with Crippen LogP contribution in [0.25, 0.3) is 0 Å². The summed E-state index contributed by atoms with van der Waals surface area (Å²) in [5.41, 5.74) is 1.20. The van der Waals surface area contributed by atoms with Gasteiger partial charge >= 0.3 is 0 Å². The van der Waals surface area contributed by atoms with Gasteiger partial charge in [-0.1, -0.05) is 6.92 Å². The van der Waals surface area contributed by atoms with Crippen molar-refractivity contribution in [2.75, 3.05) is 18.1 Å². The zero-order valence-corrected chi connectivity index (χ0v) is 12.0. The average Bonchev–Trinajstić information content (AvgIpc) is 2.72. The molecule has 1 unspecified atom stereocenters.